The molecule has 0 spiro atoms. The molecular weight excluding hydrogens is 572 g/mol. The third-order valence-electron chi connectivity index (χ3n) is 6.85. The number of hydrazine groups is 1. The molecule has 3 atom stereocenters. The third kappa shape index (κ3) is 12.7. The van der Waals surface area contributed by atoms with Gasteiger partial charge in [-0.25, -0.2) is 5.48 Å². The molecule has 0 saturated heterocycles. The predicted molar refractivity (Wildman–Crippen MR) is 164 cm³/mol. The van der Waals surface area contributed by atoms with Crippen molar-refractivity contribution < 1.29 is 32.6 Å². The van der Waals surface area contributed by atoms with Crippen molar-refractivity contribution in [3.8, 4) is 0 Å². The van der Waals surface area contributed by atoms with Crippen molar-refractivity contribution in [3.63, 3.8) is 0 Å². The number of allylic oxidation sites excluding steroid dienone is 1. The lowest BCUT2D eigenvalue weighted by molar-refractivity contribution is -0.148. The average Bonchev–Trinajstić information content (AvgIpc) is 3.78. The predicted octanol–water partition coefficient (Wildman–Crippen LogP) is 3.73. The second-order valence-electron chi connectivity index (χ2n) is 11.3. The van der Waals surface area contributed by atoms with Crippen LogP contribution in [0.3, 0.4) is 0 Å². The fraction of sp³-hybridized carbons (Fsp3) is 0.452. The van der Waals surface area contributed by atoms with Gasteiger partial charge in [0.05, 0.1) is 22.8 Å². The van der Waals surface area contributed by atoms with Crippen LogP contribution in [0.4, 0.5) is 0 Å². The van der Waals surface area contributed by atoms with Gasteiger partial charge in [0.1, 0.15) is 0 Å². The summed E-state index contributed by atoms with van der Waals surface area (Å²) in [5.41, 5.74) is 12.1. The van der Waals surface area contributed by atoms with Gasteiger partial charge in [-0.15, -0.1) is 0 Å². The minimum absolute atomic E-state index is 0.0666. The van der Waals surface area contributed by atoms with Gasteiger partial charge in [0.25, 0.3) is 16.0 Å². The summed E-state index contributed by atoms with van der Waals surface area (Å²) < 4.78 is 29.6. The summed E-state index contributed by atoms with van der Waals surface area (Å²) in [6.45, 7) is 7.75. The fourth-order valence-corrected chi connectivity index (χ4v) is 4.82. The maximum Gasteiger partial charge on any atom is 0.294 e. The van der Waals surface area contributed by atoms with Gasteiger partial charge in [-0.2, -0.15) is 8.42 Å². The number of amides is 3. The molecule has 3 rings (SSSR count). The Morgan fingerprint density at radius 1 is 1.00 bits per heavy atom. The number of hydrogen-bond donors (Lipinski definition) is 5. The number of carbonyl (C=O) groups is 3. The highest BCUT2D eigenvalue weighted by molar-refractivity contribution is 7.85. The van der Waals surface area contributed by atoms with Crippen molar-refractivity contribution in [2.24, 2.45) is 29.4 Å². The van der Waals surface area contributed by atoms with Gasteiger partial charge in [-0.1, -0.05) is 74.0 Å². The average molecular weight is 617 g/mol. The molecule has 12 heteroatoms. The minimum Gasteiger partial charge on any atom is -0.320 e. The molecule has 0 radical (unpaired) electrons. The zero-order valence-electron chi connectivity index (χ0n) is 25.1. The molecule has 3 amide bonds. The molecule has 236 valence electrons. The summed E-state index contributed by atoms with van der Waals surface area (Å²) in [7, 11) is -4.02. The zero-order chi connectivity index (χ0) is 32.2. The quantitative estimate of drug-likeness (QED) is 0.136. The highest BCUT2D eigenvalue weighted by Gasteiger charge is 2.36. The summed E-state index contributed by atoms with van der Waals surface area (Å²) in [5.74, 6) is -2.46. The summed E-state index contributed by atoms with van der Waals surface area (Å²) >= 11 is 0. The first-order valence-electron chi connectivity index (χ1n) is 14.3. The first-order chi connectivity index (χ1) is 20.2. The lowest BCUT2D eigenvalue weighted by Crippen LogP contribution is -2.55. The number of nitrogens with zero attached hydrogens (tertiary/aromatic N) is 1. The monoisotopic (exact) mass is 616 g/mol. The summed E-state index contributed by atoms with van der Waals surface area (Å²) in [6.07, 6.45) is 6.40. The number of nitrogens with two attached hydrogens (primary N) is 1. The van der Waals surface area contributed by atoms with Gasteiger partial charge < -0.3 is 5.73 Å². The number of hydroxylamine groups is 1. The molecule has 1 fully saturated rings. The lowest BCUT2D eigenvalue weighted by Gasteiger charge is -2.30. The van der Waals surface area contributed by atoms with E-state index < -0.39 is 39.8 Å². The second-order valence-corrected chi connectivity index (χ2v) is 12.7. The van der Waals surface area contributed by atoms with Crippen molar-refractivity contribution in [1.29, 1.82) is 0 Å². The first-order valence-corrected chi connectivity index (χ1v) is 15.7. The van der Waals surface area contributed by atoms with E-state index in [0.29, 0.717) is 18.9 Å². The second kappa shape index (κ2) is 16.9. The van der Waals surface area contributed by atoms with Crippen LogP contribution in [0.25, 0.3) is 6.08 Å². The molecule has 1 saturated carbocycles. The van der Waals surface area contributed by atoms with Crippen molar-refractivity contribution in [2.75, 3.05) is 6.54 Å². The maximum atomic E-state index is 13.3. The molecule has 1 aliphatic carbocycles. The summed E-state index contributed by atoms with van der Waals surface area (Å²) in [5, 5.41) is 10.6. The number of rotatable bonds is 12. The van der Waals surface area contributed by atoms with Crippen LogP contribution in [0.5, 0.6) is 0 Å². The molecule has 2 aromatic rings. The van der Waals surface area contributed by atoms with Crippen LogP contribution >= 0.6 is 0 Å². The van der Waals surface area contributed by atoms with Gasteiger partial charge in [0.15, 0.2) is 0 Å². The van der Waals surface area contributed by atoms with E-state index in [0.717, 1.165) is 24.0 Å². The summed E-state index contributed by atoms with van der Waals surface area (Å²) in [4.78, 5) is 38.3. The Labute approximate surface area is 254 Å². The van der Waals surface area contributed by atoms with Crippen molar-refractivity contribution in [1.82, 2.24) is 15.9 Å². The number of nitrogens with one attached hydrogen (secondary N) is 2. The van der Waals surface area contributed by atoms with Crippen LogP contribution < -0.4 is 16.6 Å². The topological polar surface area (TPSA) is 179 Å². The molecule has 43 heavy (non-hydrogen) atoms. The third-order valence-corrected chi connectivity index (χ3v) is 7.72. The van der Waals surface area contributed by atoms with Crippen LogP contribution in [0.1, 0.15) is 57.6 Å². The Kier molecular flexibility index (Phi) is 14.0. The van der Waals surface area contributed by atoms with Gasteiger partial charge in [-0.05, 0) is 69.1 Å². The van der Waals surface area contributed by atoms with Crippen LogP contribution in [0.2, 0.25) is 0 Å². The maximum absolute atomic E-state index is 13.3. The van der Waals surface area contributed by atoms with Crippen molar-refractivity contribution >= 4 is 33.9 Å². The lowest BCUT2D eigenvalue weighted by atomic mass is 9.82. The van der Waals surface area contributed by atoms with Gasteiger partial charge in [0, 0.05) is 6.54 Å². The number of benzene rings is 2. The highest BCUT2D eigenvalue weighted by atomic mass is 32.2. The molecule has 0 unspecified atom stereocenters. The zero-order valence-corrected chi connectivity index (χ0v) is 26.0. The smallest absolute Gasteiger partial charge is 0.294 e. The van der Waals surface area contributed by atoms with Gasteiger partial charge >= 0.3 is 0 Å². The van der Waals surface area contributed by atoms with E-state index in [1.165, 1.54) is 17.1 Å². The van der Waals surface area contributed by atoms with E-state index in [1.807, 2.05) is 63.3 Å². The Hall–Kier alpha value is -3.58. The molecule has 0 aliphatic heterocycles. The van der Waals surface area contributed by atoms with Gasteiger partial charge in [0.2, 0.25) is 11.8 Å². The van der Waals surface area contributed by atoms with E-state index in [1.54, 1.807) is 24.5 Å². The SMILES string of the molecule is CC(C)C[C@@H](C(=O)NN(CC1CC1)C(=O)[C@@H](C)N)[C@H](C/C=C/c1ccccc1)C(=O)NO.Cc1ccc(S(=O)(=O)O)cc1. The Balaban J connectivity index is 0.000000490. The number of aryl methyl sites for hydroxylation is 1. The van der Waals surface area contributed by atoms with E-state index in [-0.39, 0.29) is 23.1 Å². The molecule has 0 heterocycles. The van der Waals surface area contributed by atoms with Crippen molar-refractivity contribution in [2.45, 2.75) is 64.3 Å². The molecule has 1 aliphatic rings. The Bertz CT molecular complexity index is 1330. The largest absolute Gasteiger partial charge is 0.320 e. The van der Waals surface area contributed by atoms with E-state index in [4.69, 9.17) is 10.3 Å². The van der Waals surface area contributed by atoms with E-state index >= 15 is 0 Å². The van der Waals surface area contributed by atoms with Crippen LogP contribution in [0, 0.1) is 30.6 Å². The molecule has 11 nitrogen and oxygen atoms in total. The van der Waals surface area contributed by atoms with E-state index in [9.17, 15) is 28.0 Å². The van der Waals surface area contributed by atoms with Crippen LogP contribution in [-0.2, 0) is 24.5 Å². The number of hydrogen-bond acceptors (Lipinski definition) is 7. The summed E-state index contributed by atoms with van der Waals surface area (Å²) in [6, 6.07) is 14.9. The molecule has 2 aromatic carbocycles. The fourth-order valence-electron chi connectivity index (χ4n) is 4.34. The molecule has 6 N–H and O–H groups in total. The highest BCUT2D eigenvalue weighted by Crippen LogP contribution is 2.30. The first kappa shape index (κ1) is 35.6. The standard InChI is InChI=1S/C24H36N4O4.C7H8O3S/c1-16(2)14-21(22(29)26-28(15-19-12-13-19)24(31)17(3)25)20(23(30)27-32)11-7-10-18-8-5-4-6-9-18;1-6-2-4-7(5-3-6)11(8,9)10/h4-10,16-17,19-21,32H,11-15,25H2,1-3H3,(H,26,29)(H,27,30);2-5H,1H3,(H,8,9,10)/b10-7+;/t17-,20+,21-;/m1./s1. The molecular formula is C31H44N4O7S. The van der Waals surface area contributed by atoms with Crippen LogP contribution in [-0.4, -0.2) is 53.5 Å². The molecule has 0 bridgehead atoms. The normalized spacial score (nSPS) is 15.2. The van der Waals surface area contributed by atoms with Crippen LogP contribution in [0.15, 0.2) is 65.6 Å². The Morgan fingerprint density at radius 2 is 1.60 bits per heavy atom. The van der Waals surface area contributed by atoms with E-state index in [2.05, 4.69) is 5.43 Å². The van der Waals surface area contributed by atoms with Crippen molar-refractivity contribution in [3.05, 3.63) is 71.8 Å². The Morgan fingerprint density at radius 3 is 2.09 bits per heavy atom. The minimum atomic E-state index is -4.02. The number of carbonyl (C=O) groups excluding carboxylic acids is 3. The molecule has 0 aromatic heterocycles. The van der Waals surface area contributed by atoms with Gasteiger partial charge in [-0.3, -0.25) is 34.6 Å².